The Balaban J connectivity index is 3.39. The lowest BCUT2D eigenvalue weighted by Gasteiger charge is -1.94. The summed E-state index contributed by atoms with van der Waals surface area (Å²) in [6, 6.07) is 0. The fraction of sp³-hybridized carbons (Fsp3) is 0.571. The maximum Gasteiger partial charge on any atom is 0.192 e. The summed E-state index contributed by atoms with van der Waals surface area (Å²) in [6.07, 6.45) is 0.526. The van der Waals surface area contributed by atoms with Gasteiger partial charge in [-0.1, -0.05) is 30.8 Å². The van der Waals surface area contributed by atoms with E-state index in [4.69, 9.17) is 0 Å². The average Bonchev–Trinajstić information content (AvgIpc) is 1.63. The van der Waals surface area contributed by atoms with Gasteiger partial charge in [-0.15, -0.1) is 0 Å². The molecule has 0 aromatic heterocycles. The molecule has 0 heterocycles. The van der Waals surface area contributed by atoms with Gasteiger partial charge in [-0.05, 0) is 12.7 Å². The molecular formula is C7H12OS. The Labute approximate surface area is 60.5 Å². The fourth-order valence-electron chi connectivity index (χ4n) is 0.458. The van der Waals surface area contributed by atoms with Crippen molar-refractivity contribution in [1.29, 1.82) is 0 Å². The van der Waals surface area contributed by atoms with E-state index in [1.54, 1.807) is 0 Å². The second-order valence-corrected chi connectivity index (χ2v) is 3.26. The first-order valence-corrected chi connectivity index (χ1v) is 3.95. The van der Waals surface area contributed by atoms with Crippen LogP contribution in [-0.4, -0.2) is 10.9 Å². The summed E-state index contributed by atoms with van der Waals surface area (Å²) in [6.45, 7) is 7.49. The topological polar surface area (TPSA) is 17.1 Å². The van der Waals surface area contributed by atoms with Crippen LogP contribution in [0.5, 0.6) is 0 Å². The van der Waals surface area contributed by atoms with Gasteiger partial charge in [0.15, 0.2) is 5.12 Å². The number of carbonyl (C=O) groups excluding carboxylic acids is 1. The summed E-state index contributed by atoms with van der Waals surface area (Å²) in [4.78, 5) is 10.8. The molecule has 0 aliphatic carbocycles. The van der Waals surface area contributed by atoms with E-state index >= 15 is 0 Å². The maximum absolute atomic E-state index is 10.8. The molecule has 9 heavy (non-hydrogen) atoms. The first-order valence-electron chi connectivity index (χ1n) is 2.96. The van der Waals surface area contributed by atoms with Crippen LogP contribution in [-0.2, 0) is 4.79 Å². The van der Waals surface area contributed by atoms with Crippen LogP contribution < -0.4 is 0 Å². The zero-order chi connectivity index (χ0) is 7.28. The van der Waals surface area contributed by atoms with E-state index in [2.05, 4.69) is 6.58 Å². The van der Waals surface area contributed by atoms with Crippen molar-refractivity contribution in [3.05, 3.63) is 12.2 Å². The van der Waals surface area contributed by atoms with Gasteiger partial charge in [0, 0.05) is 6.42 Å². The number of allylic oxidation sites excluding steroid dienone is 1. The molecule has 0 aliphatic heterocycles. The van der Waals surface area contributed by atoms with Crippen molar-refractivity contribution in [2.75, 3.05) is 5.75 Å². The molecule has 2 heteroatoms. The summed E-state index contributed by atoms with van der Waals surface area (Å²) in [7, 11) is 0. The van der Waals surface area contributed by atoms with Gasteiger partial charge in [0.2, 0.25) is 0 Å². The fourth-order valence-corrected chi connectivity index (χ4v) is 1.13. The minimum atomic E-state index is 0.227. The minimum Gasteiger partial charge on any atom is -0.287 e. The molecule has 0 aromatic carbocycles. The van der Waals surface area contributed by atoms with Crippen molar-refractivity contribution in [3.63, 3.8) is 0 Å². The van der Waals surface area contributed by atoms with Gasteiger partial charge in [0.05, 0.1) is 0 Å². The van der Waals surface area contributed by atoms with E-state index < -0.39 is 0 Å². The molecule has 52 valence electrons. The van der Waals surface area contributed by atoms with E-state index in [-0.39, 0.29) is 5.12 Å². The van der Waals surface area contributed by atoms with Crippen LogP contribution in [0, 0.1) is 0 Å². The van der Waals surface area contributed by atoms with Crippen molar-refractivity contribution >= 4 is 16.9 Å². The Hall–Kier alpha value is -0.240. The molecular weight excluding hydrogens is 132 g/mol. The van der Waals surface area contributed by atoms with E-state index in [0.717, 1.165) is 11.3 Å². The van der Waals surface area contributed by atoms with E-state index in [9.17, 15) is 4.79 Å². The van der Waals surface area contributed by atoms with Crippen molar-refractivity contribution < 1.29 is 4.79 Å². The standard InChI is InChI=1S/C7H12OS/c1-4-9-7(8)5-6(2)3/h2,4-5H2,1,3H3. The molecule has 0 saturated heterocycles. The quantitative estimate of drug-likeness (QED) is 0.565. The molecule has 0 unspecified atom stereocenters. The van der Waals surface area contributed by atoms with Crippen molar-refractivity contribution in [2.24, 2.45) is 0 Å². The highest BCUT2D eigenvalue weighted by Gasteiger charge is 1.98. The van der Waals surface area contributed by atoms with Crippen molar-refractivity contribution in [2.45, 2.75) is 20.3 Å². The Morgan fingerprint density at radius 3 is 2.56 bits per heavy atom. The molecule has 0 fully saturated rings. The molecule has 0 rings (SSSR count). The first-order chi connectivity index (χ1) is 4.16. The lowest BCUT2D eigenvalue weighted by Crippen LogP contribution is -1.91. The largest absolute Gasteiger partial charge is 0.287 e. The summed E-state index contributed by atoms with van der Waals surface area (Å²) < 4.78 is 0. The second-order valence-electron chi connectivity index (χ2n) is 1.94. The molecule has 0 atom stereocenters. The highest BCUT2D eigenvalue weighted by atomic mass is 32.2. The lowest BCUT2D eigenvalue weighted by molar-refractivity contribution is -0.110. The van der Waals surface area contributed by atoms with Gasteiger partial charge in [0.1, 0.15) is 0 Å². The van der Waals surface area contributed by atoms with Crippen LogP contribution in [0.25, 0.3) is 0 Å². The molecule has 0 spiro atoms. The molecule has 0 saturated carbocycles. The Morgan fingerprint density at radius 1 is 1.67 bits per heavy atom. The summed E-state index contributed by atoms with van der Waals surface area (Å²) in [5.41, 5.74) is 0.945. The molecule has 0 radical (unpaired) electrons. The number of hydrogen-bond acceptors (Lipinski definition) is 2. The molecule has 0 aliphatic rings. The lowest BCUT2D eigenvalue weighted by atomic mass is 10.3. The van der Waals surface area contributed by atoms with Gasteiger partial charge >= 0.3 is 0 Å². The number of rotatable bonds is 3. The van der Waals surface area contributed by atoms with Gasteiger partial charge in [-0.3, -0.25) is 4.79 Å². The van der Waals surface area contributed by atoms with Crippen LogP contribution in [0.4, 0.5) is 0 Å². The number of carbonyl (C=O) groups is 1. The summed E-state index contributed by atoms with van der Waals surface area (Å²) in [5, 5.41) is 0.227. The van der Waals surface area contributed by atoms with Gasteiger partial charge in [-0.25, -0.2) is 0 Å². The summed E-state index contributed by atoms with van der Waals surface area (Å²) >= 11 is 1.36. The number of hydrogen-bond donors (Lipinski definition) is 0. The van der Waals surface area contributed by atoms with Crippen LogP contribution in [0.1, 0.15) is 20.3 Å². The maximum atomic E-state index is 10.8. The molecule has 0 aromatic rings. The smallest absolute Gasteiger partial charge is 0.192 e. The van der Waals surface area contributed by atoms with E-state index in [1.807, 2.05) is 13.8 Å². The second kappa shape index (κ2) is 4.62. The molecule has 0 N–H and O–H groups in total. The van der Waals surface area contributed by atoms with Crippen LogP contribution in [0.15, 0.2) is 12.2 Å². The van der Waals surface area contributed by atoms with Gasteiger partial charge < -0.3 is 0 Å². The SMILES string of the molecule is C=C(C)CC(=O)SCC. The Bertz CT molecular complexity index is 118. The first kappa shape index (κ1) is 8.76. The normalized spacial score (nSPS) is 9.11. The van der Waals surface area contributed by atoms with Crippen molar-refractivity contribution in [3.8, 4) is 0 Å². The third kappa shape index (κ3) is 5.63. The minimum absolute atomic E-state index is 0.227. The van der Waals surface area contributed by atoms with Gasteiger partial charge in [0.25, 0.3) is 0 Å². The monoisotopic (exact) mass is 144 g/mol. The van der Waals surface area contributed by atoms with E-state index in [0.29, 0.717) is 6.42 Å². The van der Waals surface area contributed by atoms with Crippen molar-refractivity contribution in [1.82, 2.24) is 0 Å². The van der Waals surface area contributed by atoms with Crippen LogP contribution >= 0.6 is 11.8 Å². The third-order valence-electron chi connectivity index (χ3n) is 0.751. The number of thioether (sulfide) groups is 1. The molecule has 1 nitrogen and oxygen atoms in total. The van der Waals surface area contributed by atoms with Crippen LogP contribution in [0.3, 0.4) is 0 Å². The Morgan fingerprint density at radius 2 is 2.22 bits per heavy atom. The molecule has 0 amide bonds. The average molecular weight is 144 g/mol. The third-order valence-corrected chi connectivity index (χ3v) is 1.51. The predicted molar refractivity (Wildman–Crippen MR) is 42.6 cm³/mol. The zero-order valence-corrected chi connectivity index (χ0v) is 6.75. The van der Waals surface area contributed by atoms with Gasteiger partial charge in [-0.2, -0.15) is 0 Å². The zero-order valence-electron chi connectivity index (χ0n) is 5.94. The highest BCUT2D eigenvalue weighted by molar-refractivity contribution is 8.13. The van der Waals surface area contributed by atoms with E-state index in [1.165, 1.54) is 11.8 Å². The highest BCUT2D eigenvalue weighted by Crippen LogP contribution is 2.08. The summed E-state index contributed by atoms with van der Waals surface area (Å²) in [5.74, 6) is 0.867. The van der Waals surface area contributed by atoms with Crippen LogP contribution in [0.2, 0.25) is 0 Å². The predicted octanol–water partition coefficient (Wildman–Crippen LogP) is 2.23. The molecule has 0 bridgehead atoms. The Kier molecular flexibility index (Phi) is 4.50.